The summed E-state index contributed by atoms with van der Waals surface area (Å²) in [5.41, 5.74) is 0.581. The van der Waals surface area contributed by atoms with Gasteiger partial charge in [0.15, 0.2) is 11.5 Å². The van der Waals surface area contributed by atoms with E-state index >= 15 is 0 Å². The third-order valence-electron chi connectivity index (χ3n) is 4.60. The van der Waals surface area contributed by atoms with Crippen molar-refractivity contribution in [2.45, 2.75) is 18.9 Å². The monoisotopic (exact) mass is 347 g/mol. The van der Waals surface area contributed by atoms with Gasteiger partial charge in [0.2, 0.25) is 5.91 Å². The Labute approximate surface area is 147 Å². The minimum atomic E-state index is -0.0250. The van der Waals surface area contributed by atoms with E-state index in [1.165, 1.54) is 0 Å². The van der Waals surface area contributed by atoms with E-state index in [4.69, 9.17) is 9.47 Å². The van der Waals surface area contributed by atoms with E-state index in [1.54, 1.807) is 32.4 Å². The van der Waals surface area contributed by atoms with Crippen LogP contribution in [-0.4, -0.2) is 74.6 Å². The van der Waals surface area contributed by atoms with Crippen LogP contribution in [0.25, 0.3) is 0 Å². The largest absolute Gasteiger partial charge is 0.493 e. The molecule has 7 nitrogen and oxygen atoms in total. The molecule has 1 aliphatic carbocycles. The Hall–Kier alpha value is -2.28. The van der Waals surface area contributed by atoms with Gasteiger partial charge in [-0.3, -0.25) is 14.5 Å². The summed E-state index contributed by atoms with van der Waals surface area (Å²) in [5, 5.41) is 3.00. The number of hydrogen-bond acceptors (Lipinski definition) is 5. The number of carbonyl (C=O) groups excluding carboxylic acids is 2. The quantitative estimate of drug-likeness (QED) is 0.822. The number of nitrogens with one attached hydrogen (secondary N) is 1. The van der Waals surface area contributed by atoms with Crippen molar-refractivity contribution >= 4 is 11.8 Å². The first kappa shape index (κ1) is 17.5. The number of benzene rings is 1. The molecular formula is C18H25N3O4. The molecule has 136 valence electrons. The molecule has 0 aromatic heterocycles. The van der Waals surface area contributed by atoms with Crippen LogP contribution in [0.1, 0.15) is 23.2 Å². The fourth-order valence-electron chi connectivity index (χ4n) is 2.96. The van der Waals surface area contributed by atoms with Gasteiger partial charge in [0.05, 0.1) is 20.8 Å². The second-order valence-corrected chi connectivity index (χ2v) is 6.48. The van der Waals surface area contributed by atoms with Crippen molar-refractivity contribution < 1.29 is 19.1 Å². The van der Waals surface area contributed by atoms with Crippen LogP contribution in [0.4, 0.5) is 0 Å². The lowest BCUT2D eigenvalue weighted by Gasteiger charge is -2.34. The SMILES string of the molecule is COc1ccc(C(=O)N2CCN(CC(=O)NC3CC3)CC2)cc1OC. The minimum Gasteiger partial charge on any atom is -0.493 e. The molecule has 1 aliphatic heterocycles. The molecule has 3 rings (SSSR count). The highest BCUT2D eigenvalue weighted by Gasteiger charge is 2.27. The zero-order chi connectivity index (χ0) is 17.8. The lowest BCUT2D eigenvalue weighted by Crippen LogP contribution is -2.51. The maximum Gasteiger partial charge on any atom is 0.254 e. The molecule has 2 fully saturated rings. The molecule has 0 atom stereocenters. The van der Waals surface area contributed by atoms with Gasteiger partial charge in [-0.25, -0.2) is 0 Å². The summed E-state index contributed by atoms with van der Waals surface area (Å²) in [6, 6.07) is 5.58. The molecule has 2 amide bonds. The molecule has 0 radical (unpaired) electrons. The molecule has 1 aromatic carbocycles. The van der Waals surface area contributed by atoms with Gasteiger partial charge < -0.3 is 19.7 Å². The summed E-state index contributed by atoms with van der Waals surface area (Å²) >= 11 is 0. The maximum atomic E-state index is 12.7. The van der Waals surface area contributed by atoms with Gasteiger partial charge in [0, 0.05) is 37.8 Å². The summed E-state index contributed by atoms with van der Waals surface area (Å²) in [6.45, 7) is 3.05. The summed E-state index contributed by atoms with van der Waals surface area (Å²) in [4.78, 5) is 28.5. The van der Waals surface area contributed by atoms with Crippen LogP contribution in [0.5, 0.6) is 11.5 Å². The molecule has 25 heavy (non-hydrogen) atoms. The number of ether oxygens (including phenoxy) is 2. The molecule has 0 spiro atoms. The van der Waals surface area contributed by atoms with Gasteiger partial charge in [-0.1, -0.05) is 0 Å². The second kappa shape index (κ2) is 7.74. The Morgan fingerprint density at radius 3 is 2.36 bits per heavy atom. The highest BCUT2D eigenvalue weighted by atomic mass is 16.5. The van der Waals surface area contributed by atoms with Crippen molar-refractivity contribution in [3.8, 4) is 11.5 Å². The molecule has 1 heterocycles. The number of hydrogen-bond donors (Lipinski definition) is 1. The van der Waals surface area contributed by atoms with Crippen molar-refractivity contribution in [1.82, 2.24) is 15.1 Å². The van der Waals surface area contributed by atoms with Crippen LogP contribution in [0.3, 0.4) is 0 Å². The van der Waals surface area contributed by atoms with Crippen LogP contribution >= 0.6 is 0 Å². The van der Waals surface area contributed by atoms with Crippen molar-refractivity contribution in [2.75, 3.05) is 46.9 Å². The average Bonchev–Trinajstić information content (AvgIpc) is 3.45. The number of carbonyl (C=O) groups is 2. The molecule has 1 saturated carbocycles. The molecule has 1 aromatic rings. The maximum absolute atomic E-state index is 12.7. The summed E-state index contributed by atoms with van der Waals surface area (Å²) in [5.74, 6) is 1.21. The third-order valence-corrected chi connectivity index (χ3v) is 4.60. The molecule has 1 saturated heterocycles. The van der Waals surface area contributed by atoms with Crippen LogP contribution in [0, 0.1) is 0 Å². The van der Waals surface area contributed by atoms with Gasteiger partial charge in [0.25, 0.3) is 5.91 Å². The number of methoxy groups -OCH3 is 2. The normalized spacial score (nSPS) is 17.9. The summed E-state index contributed by atoms with van der Waals surface area (Å²) in [7, 11) is 3.12. The Kier molecular flexibility index (Phi) is 5.43. The average molecular weight is 347 g/mol. The zero-order valence-corrected chi connectivity index (χ0v) is 14.8. The molecule has 2 aliphatic rings. The fourth-order valence-corrected chi connectivity index (χ4v) is 2.96. The van der Waals surface area contributed by atoms with E-state index in [2.05, 4.69) is 10.2 Å². The molecule has 7 heteroatoms. The van der Waals surface area contributed by atoms with Crippen molar-refractivity contribution in [1.29, 1.82) is 0 Å². The lowest BCUT2D eigenvalue weighted by atomic mass is 10.1. The predicted molar refractivity (Wildman–Crippen MR) is 93.1 cm³/mol. The fraction of sp³-hybridized carbons (Fsp3) is 0.556. The highest BCUT2D eigenvalue weighted by molar-refractivity contribution is 5.95. The Morgan fingerprint density at radius 1 is 1.08 bits per heavy atom. The van der Waals surface area contributed by atoms with Crippen LogP contribution in [-0.2, 0) is 4.79 Å². The summed E-state index contributed by atoms with van der Waals surface area (Å²) in [6.07, 6.45) is 2.19. The Bertz CT molecular complexity index is 637. The van der Waals surface area contributed by atoms with Crippen molar-refractivity contribution in [3.63, 3.8) is 0 Å². The third kappa shape index (κ3) is 4.42. The van der Waals surface area contributed by atoms with E-state index < -0.39 is 0 Å². The topological polar surface area (TPSA) is 71.1 Å². The van der Waals surface area contributed by atoms with E-state index in [1.807, 2.05) is 4.90 Å². The van der Waals surface area contributed by atoms with Gasteiger partial charge in [-0.15, -0.1) is 0 Å². The highest BCUT2D eigenvalue weighted by Crippen LogP contribution is 2.28. The van der Waals surface area contributed by atoms with Crippen LogP contribution in [0.2, 0.25) is 0 Å². The first-order chi connectivity index (χ1) is 12.1. The molecule has 1 N–H and O–H groups in total. The molecule has 0 bridgehead atoms. The van der Waals surface area contributed by atoms with Gasteiger partial charge in [-0.2, -0.15) is 0 Å². The van der Waals surface area contributed by atoms with Crippen LogP contribution < -0.4 is 14.8 Å². The van der Waals surface area contributed by atoms with E-state index in [0.29, 0.717) is 55.8 Å². The number of rotatable bonds is 6. The lowest BCUT2D eigenvalue weighted by molar-refractivity contribution is -0.122. The second-order valence-electron chi connectivity index (χ2n) is 6.48. The predicted octanol–water partition coefficient (Wildman–Crippen LogP) is 0.740. The molecular weight excluding hydrogens is 322 g/mol. The van der Waals surface area contributed by atoms with Gasteiger partial charge >= 0.3 is 0 Å². The van der Waals surface area contributed by atoms with Gasteiger partial charge in [0.1, 0.15) is 0 Å². The first-order valence-corrected chi connectivity index (χ1v) is 8.63. The van der Waals surface area contributed by atoms with E-state index in [-0.39, 0.29) is 11.8 Å². The Balaban J connectivity index is 1.53. The number of piperazine rings is 1. The van der Waals surface area contributed by atoms with Crippen molar-refractivity contribution in [3.05, 3.63) is 23.8 Å². The molecule has 0 unspecified atom stereocenters. The van der Waals surface area contributed by atoms with E-state index in [0.717, 1.165) is 12.8 Å². The minimum absolute atomic E-state index is 0.0250. The van der Waals surface area contributed by atoms with Crippen molar-refractivity contribution in [2.24, 2.45) is 0 Å². The first-order valence-electron chi connectivity index (χ1n) is 8.63. The summed E-state index contributed by atoms with van der Waals surface area (Å²) < 4.78 is 10.5. The van der Waals surface area contributed by atoms with Gasteiger partial charge in [-0.05, 0) is 31.0 Å². The smallest absolute Gasteiger partial charge is 0.254 e. The van der Waals surface area contributed by atoms with E-state index in [9.17, 15) is 9.59 Å². The number of amides is 2. The standard InChI is InChI=1S/C18H25N3O4/c1-24-15-6-3-13(11-16(15)25-2)18(23)21-9-7-20(8-10-21)12-17(22)19-14-4-5-14/h3,6,11,14H,4-5,7-10,12H2,1-2H3,(H,19,22). The number of nitrogens with zero attached hydrogens (tertiary/aromatic N) is 2. The Morgan fingerprint density at radius 2 is 1.76 bits per heavy atom. The zero-order valence-electron chi connectivity index (χ0n) is 14.8. The van der Waals surface area contributed by atoms with Crippen LogP contribution in [0.15, 0.2) is 18.2 Å².